The molecule has 1 fully saturated rings. The van der Waals surface area contributed by atoms with Gasteiger partial charge >= 0.3 is 0 Å². The van der Waals surface area contributed by atoms with Gasteiger partial charge in [-0.1, -0.05) is 48.0 Å². The first-order valence-electron chi connectivity index (χ1n) is 8.41. The highest BCUT2D eigenvalue weighted by Gasteiger charge is 2.37. The first-order chi connectivity index (χ1) is 11.5. The number of anilines is 1. The third-order valence-corrected chi connectivity index (χ3v) is 6.84. The number of nitrogens with zero attached hydrogens (tertiary/aromatic N) is 2. The number of sulfonamides is 1. The topological polar surface area (TPSA) is 40.6 Å². The average molecular weight is 342 g/mol. The third-order valence-electron chi connectivity index (χ3n) is 5.03. The molecular weight excluding hydrogens is 320 g/mol. The summed E-state index contributed by atoms with van der Waals surface area (Å²) >= 11 is 0. The van der Waals surface area contributed by atoms with Crippen LogP contribution in [0.3, 0.4) is 0 Å². The first kappa shape index (κ1) is 15.7. The van der Waals surface area contributed by atoms with E-state index in [1.165, 1.54) is 11.3 Å². The van der Waals surface area contributed by atoms with Crippen LogP contribution in [0.5, 0.6) is 0 Å². The van der Waals surface area contributed by atoms with Crippen LogP contribution in [0, 0.1) is 6.92 Å². The van der Waals surface area contributed by atoms with Gasteiger partial charge < -0.3 is 4.90 Å². The maximum atomic E-state index is 12.8. The molecule has 0 aliphatic carbocycles. The van der Waals surface area contributed by atoms with Crippen LogP contribution in [0.15, 0.2) is 48.5 Å². The van der Waals surface area contributed by atoms with Crippen molar-refractivity contribution in [2.75, 3.05) is 24.5 Å². The van der Waals surface area contributed by atoms with Crippen LogP contribution in [0.2, 0.25) is 0 Å². The van der Waals surface area contributed by atoms with Crippen molar-refractivity contribution < 1.29 is 8.42 Å². The minimum absolute atomic E-state index is 0.0916. The minimum atomic E-state index is -3.27. The summed E-state index contributed by atoms with van der Waals surface area (Å²) in [6, 6.07) is 16.4. The lowest BCUT2D eigenvalue weighted by molar-refractivity contribution is 0.339. The lowest BCUT2D eigenvalue weighted by Crippen LogP contribution is -2.53. The molecule has 0 radical (unpaired) electrons. The van der Waals surface area contributed by atoms with Crippen LogP contribution >= 0.6 is 0 Å². The quantitative estimate of drug-likeness (QED) is 0.861. The maximum absolute atomic E-state index is 12.8. The fraction of sp³-hybridized carbons (Fsp3) is 0.368. The van der Waals surface area contributed by atoms with Crippen molar-refractivity contribution in [1.29, 1.82) is 0 Å². The first-order valence-corrected chi connectivity index (χ1v) is 10.0. The SMILES string of the molecule is Cc1cccc(CS(=O)(=O)N2CCN3c4ccccc4CC3C2)c1. The van der Waals surface area contributed by atoms with E-state index in [4.69, 9.17) is 0 Å². The number of aryl methyl sites for hydroxylation is 1. The Balaban J connectivity index is 1.51. The molecule has 5 heteroatoms. The molecule has 24 heavy (non-hydrogen) atoms. The zero-order valence-corrected chi connectivity index (χ0v) is 14.7. The summed E-state index contributed by atoms with van der Waals surface area (Å²) in [5.41, 5.74) is 4.57. The van der Waals surface area contributed by atoms with Crippen LogP contribution in [0.25, 0.3) is 0 Å². The van der Waals surface area contributed by atoms with Gasteiger partial charge in [0.2, 0.25) is 10.0 Å². The van der Waals surface area contributed by atoms with Crippen molar-refractivity contribution in [3.63, 3.8) is 0 Å². The van der Waals surface area contributed by atoms with E-state index in [0.717, 1.165) is 24.1 Å². The minimum Gasteiger partial charge on any atom is -0.365 e. The molecule has 1 saturated heterocycles. The molecule has 2 aliphatic rings. The summed E-state index contributed by atoms with van der Waals surface area (Å²) in [5, 5.41) is 0. The summed E-state index contributed by atoms with van der Waals surface area (Å²) in [6.45, 7) is 3.92. The van der Waals surface area contributed by atoms with Gasteiger partial charge in [0.15, 0.2) is 0 Å². The van der Waals surface area contributed by atoms with Crippen LogP contribution in [-0.4, -0.2) is 38.4 Å². The Morgan fingerprint density at radius 3 is 2.75 bits per heavy atom. The second-order valence-electron chi connectivity index (χ2n) is 6.78. The van der Waals surface area contributed by atoms with Gasteiger partial charge in [0, 0.05) is 31.4 Å². The molecule has 1 unspecified atom stereocenters. The molecule has 2 aromatic carbocycles. The summed E-state index contributed by atoms with van der Waals surface area (Å²) in [4.78, 5) is 2.37. The van der Waals surface area contributed by atoms with Crippen LogP contribution in [0.1, 0.15) is 16.7 Å². The van der Waals surface area contributed by atoms with E-state index >= 15 is 0 Å². The van der Waals surface area contributed by atoms with Gasteiger partial charge in [-0.25, -0.2) is 8.42 Å². The van der Waals surface area contributed by atoms with E-state index in [0.29, 0.717) is 13.1 Å². The van der Waals surface area contributed by atoms with Gasteiger partial charge in [0.25, 0.3) is 0 Å². The molecule has 0 amide bonds. The van der Waals surface area contributed by atoms with E-state index in [-0.39, 0.29) is 11.8 Å². The predicted molar refractivity (Wildman–Crippen MR) is 96.7 cm³/mol. The smallest absolute Gasteiger partial charge is 0.218 e. The van der Waals surface area contributed by atoms with Crippen molar-refractivity contribution >= 4 is 15.7 Å². The number of hydrogen-bond donors (Lipinski definition) is 0. The highest BCUT2D eigenvalue weighted by Crippen LogP contribution is 2.34. The number of piperazine rings is 1. The second-order valence-corrected chi connectivity index (χ2v) is 8.75. The molecule has 0 saturated carbocycles. The molecule has 0 N–H and O–H groups in total. The lowest BCUT2D eigenvalue weighted by atomic mass is 10.1. The molecule has 0 aromatic heterocycles. The van der Waals surface area contributed by atoms with Crippen LogP contribution in [0.4, 0.5) is 5.69 Å². The Morgan fingerprint density at radius 2 is 1.92 bits per heavy atom. The highest BCUT2D eigenvalue weighted by atomic mass is 32.2. The predicted octanol–water partition coefficient (Wildman–Crippen LogP) is 2.57. The Labute approximate surface area is 143 Å². The number of rotatable bonds is 3. The van der Waals surface area contributed by atoms with Crippen molar-refractivity contribution in [3.8, 4) is 0 Å². The Morgan fingerprint density at radius 1 is 1.08 bits per heavy atom. The van der Waals surface area contributed by atoms with Crippen molar-refractivity contribution in [2.24, 2.45) is 0 Å². The summed E-state index contributed by atoms with van der Waals surface area (Å²) in [5.74, 6) is 0.0916. The van der Waals surface area contributed by atoms with Gasteiger partial charge in [-0.05, 0) is 30.5 Å². The van der Waals surface area contributed by atoms with Crippen LogP contribution < -0.4 is 4.90 Å². The summed E-state index contributed by atoms with van der Waals surface area (Å²) in [7, 11) is -3.27. The van der Waals surface area contributed by atoms with E-state index < -0.39 is 10.0 Å². The molecule has 0 spiro atoms. The van der Waals surface area contributed by atoms with Gasteiger partial charge in [0.05, 0.1) is 5.75 Å². The third kappa shape index (κ3) is 2.82. The Kier molecular flexibility index (Phi) is 3.85. The van der Waals surface area contributed by atoms with Gasteiger partial charge in [-0.3, -0.25) is 0 Å². The fourth-order valence-electron chi connectivity index (χ4n) is 3.89. The van der Waals surface area contributed by atoms with Gasteiger partial charge in [-0.2, -0.15) is 4.31 Å². The molecule has 4 nitrogen and oxygen atoms in total. The molecular formula is C19H22N2O2S. The van der Waals surface area contributed by atoms with Crippen molar-refractivity contribution in [1.82, 2.24) is 4.31 Å². The molecule has 1 atom stereocenters. The number of para-hydroxylation sites is 1. The fourth-order valence-corrected chi connectivity index (χ4v) is 5.43. The normalized spacial score (nSPS) is 20.7. The largest absolute Gasteiger partial charge is 0.365 e. The van der Waals surface area contributed by atoms with Crippen LogP contribution in [-0.2, 0) is 22.2 Å². The highest BCUT2D eigenvalue weighted by molar-refractivity contribution is 7.88. The molecule has 126 valence electrons. The zero-order valence-electron chi connectivity index (χ0n) is 13.9. The summed E-state index contributed by atoms with van der Waals surface area (Å²) in [6.07, 6.45) is 0.937. The maximum Gasteiger partial charge on any atom is 0.218 e. The van der Waals surface area contributed by atoms with E-state index in [1.54, 1.807) is 4.31 Å². The summed E-state index contributed by atoms with van der Waals surface area (Å²) < 4.78 is 27.4. The second kappa shape index (κ2) is 5.90. The Hall–Kier alpha value is -1.85. The molecule has 2 heterocycles. The van der Waals surface area contributed by atoms with Gasteiger partial charge in [0.1, 0.15) is 0 Å². The molecule has 2 aliphatic heterocycles. The number of hydrogen-bond acceptors (Lipinski definition) is 3. The monoisotopic (exact) mass is 342 g/mol. The van der Waals surface area contributed by atoms with Gasteiger partial charge in [-0.15, -0.1) is 0 Å². The lowest BCUT2D eigenvalue weighted by Gasteiger charge is -2.38. The van der Waals surface area contributed by atoms with Crippen molar-refractivity contribution in [3.05, 3.63) is 65.2 Å². The van der Waals surface area contributed by atoms with E-state index in [2.05, 4.69) is 29.2 Å². The van der Waals surface area contributed by atoms with E-state index in [9.17, 15) is 8.42 Å². The van der Waals surface area contributed by atoms with Crippen molar-refractivity contribution in [2.45, 2.75) is 25.1 Å². The molecule has 4 rings (SSSR count). The standard InChI is InChI=1S/C19H22N2O2S/c1-15-5-4-6-16(11-15)14-24(22,23)20-9-10-21-18(13-20)12-17-7-2-3-8-19(17)21/h2-8,11,18H,9-10,12-14H2,1H3. The average Bonchev–Trinajstić information content (AvgIpc) is 2.92. The molecule has 2 aromatic rings. The van der Waals surface area contributed by atoms with E-state index in [1.807, 2.05) is 31.2 Å². The Bertz CT molecular complexity index is 863. The number of fused-ring (bicyclic) bond motifs is 3. The number of benzene rings is 2. The zero-order chi connectivity index (χ0) is 16.7. The molecule has 0 bridgehead atoms.